The third kappa shape index (κ3) is 2.43. The van der Waals surface area contributed by atoms with Crippen molar-refractivity contribution >= 4 is 10.9 Å². The Bertz CT molecular complexity index is 760. The lowest BCUT2D eigenvalue weighted by molar-refractivity contribution is 0.565. The Kier molecular flexibility index (Phi) is 3.71. The highest BCUT2D eigenvalue weighted by Crippen LogP contribution is 2.28. The van der Waals surface area contributed by atoms with Gasteiger partial charge < -0.3 is 5.32 Å². The van der Waals surface area contributed by atoms with Crippen LogP contribution < -0.4 is 5.32 Å². The SMILES string of the molecule is CCn1nccc1C(NC)c1cc(C)nc2ccccc12. The summed E-state index contributed by atoms with van der Waals surface area (Å²) in [5.41, 5.74) is 4.49. The summed E-state index contributed by atoms with van der Waals surface area (Å²) in [5, 5.41) is 9.01. The molecule has 0 aliphatic heterocycles. The summed E-state index contributed by atoms with van der Waals surface area (Å²) in [4.78, 5) is 4.63. The summed E-state index contributed by atoms with van der Waals surface area (Å²) in [7, 11) is 1.99. The van der Waals surface area contributed by atoms with E-state index in [2.05, 4.69) is 52.7 Å². The van der Waals surface area contributed by atoms with Crippen LogP contribution in [0.4, 0.5) is 0 Å². The van der Waals surface area contributed by atoms with E-state index in [1.165, 1.54) is 16.6 Å². The molecular weight excluding hydrogens is 260 g/mol. The molecule has 0 spiro atoms. The van der Waals surface area contributed by atoms with Gasteiger partial charge in [-0.15, -0.1) is 0 Å². The number of hydrogen-bond acceptors (Lipinski definition) is 3. The van der Waals surface area contributed by atoms with Gasteiger partial charge in [0.15, 0.2) is 0 Å². The Morgan fingerprint density at radius 2 is 2.05 bits per heavy atom. The molecular formula is C17H20N4. The standard InChI is InChI=1S/C17H20N4/c1-4-21-16(9-10-19-21)17(18-3)14-11-12(2)20-15-8-6-5-7-13(14)15/h5-11,17-18H,4H2,1-3H3. The fourth-order valence-electron chi connectivity index (χ4n) is 2.89. The van der Waals surface area contributed by atoms with Crippen LogP contribution in [0.1, 0.15) is 29.9 Å². The number of aromatic nitrogens is 3. The van der Waals surface area contributed by atoms with E-state index in [1.54, 1.807) is 0 Å². The average molecular weight is 280 g/mol. The van der Waals surface area contributed by atoms with Gasteiger partial charge in [-0.05, 0) is 44.7 Å². The van der Waals surface area contributed by atoms with Crippen molar-refractivity contribution in [3.63, 3.8) is 0 Å². The van der Waals surface area contributed by atoms with E-state index in [9.17, 15) is 0 Å². The second-order valence-electron chi connectivity index (χ2n) is 5.16. The van der Waals surface area contributed by atoms with E-state index in [0.717, 1.165) is 17.8 Å². The fourth-order valence-corrected chi connectivity index (χ4v) is 2.89. The van der Waals surface area contributed by atoms with Crippen molar-refractivity contribution in [2.24, 2.45) is 0 Å². The normalized spacial score (nSPS) is 12.7. The molecule has 0 aliphatic carbocycles. The third-order valence-corrected chi connectivity index (χ3v) is 3.82. The van der Waals surface area contributed by atoms with Gasteiger partial charge in [0.2, 0.25) is 0 Å². The van der Waals surface area contributed by atoms with Gasteiger partial charge in [0.25, 0.3) is 0 Å². The summed E-state index contributed by atoms with van der Waals surface area (Å²) in [6.07, 6.45) is 1.86. The molecule has 108 valence electrons. The largest absolute Gasteiger partial charge is 0.308 e. The topological polar surface area (TPSA) is 42.7 Å². The summed E-state index contributed by atoms with van der Waals surface area (Å²) in [5.74, 6) is 0. The van der Waals surface area contributed by atoms with Crippen LogP contribution in [0.25, 0.3) is 10.9 Å². The van der Waals surface area contributed by atoms with Crippen molar-refractivity contribution in [3.05, 3.63) is 59.5 Å². The van der Waals surface area contributed by atoms with Crippen LogP contribution in [0.5, 0.6) is 0 Å². The van der Waals surface area contributed by atoms with E-state index in [-0.39, 0.29) is 6.04 Å². The summed E-state index contributed by atoms with van der Waals surface area (Å²) < 4.78 is 2.03. The molecule has 1 N–H and O–H groups in total. The Balaban J connectivity index is 2.22. The number of fused-ring (bicyclic) bond motifs is 1. The molecule has 1 unspecified atom stereocenters. The number of para-hydroxylation sites is 1. The van der Waals surface area contributed by atoms with Crippen molar-refractivity contribution in [2.45, 2.75) is 26.4 Å². The van der Waals surface area contributed by atoms with Gasteiger partial charge in [0, 0.05) is 23.8 Å². The molecule has 1 atom stereocenters. The van der Waals surface area contributed by atoms with Gasteiger partial charge in [0.1, 0.15) is 0 Å². The van der Waals surface area contributed by atoms with Gasteiger partial charge >= 0.3 is 0 Å². The highest BCUT2D eigenvalue weighted by atomic mass is 15.3. The van der Waals surface area contributed by atoms with Crippen LogP contribution in [-0.2, 0) is 6.54 Å². The van der Waals surface area contributed by atoms with Crippen LogP contribution in [0.2, 0.25) is 0 Å². The first-order valence-electron chi connectivity index (χ1n) is 7.30. The first kappa shape index (κ1) is 13.8. The Labute approximate surface area is 124 Å². The molecule has 0 saturated heterocycles. The van der Waals surface area contributed by atoms with Crippen molar-refractivity contribution in [2.75, 3.05) is 7.05 Å². The molecule has 0 fully saturated rings. The highest BCUT2D eigenvalue weighted by molar-refractivity contribution is 5.83. The van der Waals surface area contributed by atoms with Crippen molar-refractivity contribution < 1.29 is 0 Å². The van der Waals surface area contributed by atoms with Crippen molar-refractivity contribution in [1.82, 2.24) is 20.1 Å². The third-order valence-electron chi connectivity index (χ3n) is 3.82. The molecule has 4 heteroatoms. The smallest absolute Gasteiger partial charge is 0.0753 e. The molecule has 0 bridgehead atoms. The highest BCUT2D eigenvalue weighted by Gasteiger charge is 2.19. The lowest BCUT2D eigenvalue weighted by Gasteiger charge is -2.20. The predicted molar refractivity (Wildman–Crippen MR) is 85.3 cm³/mol. The Hall–Kier alpha value is -2.20. The number of pyridine rings is 1. The molecule has 0 amide bonds. The monoisotopic (exact) mass is 280 g/mol. The van der Waals surface area contributed by atoms with Crippen LogP contribution in [0, 0.1) is 6.92 Å². The zero-order chi connectivity index (χ0) is 14.8. The maximum absolute atomic E-state index is 4.63. The number of hydrogen-bond donors (Lipinski definition) is 1. The van der Waals surface area contributed by atoms with E-state index in [1.807, 2.05) is 30.9 Å². The van der Waals surface area contributed by atoms with Crippen molar-refractivity contribution in [3.8, 4) is 0 Å². The first-order chi connectivity index (χ1) is 10.2. The van der Waals surface area contributed by atoms with Gasteiger partial charge in [-0.25, -0.2) is 0 Å². The van der Waals surface area contributed by atoms with Crippen LogP contribution in [0.3, 0.4) is 0 Å². The number of aryl methyl sites for hydroxylation is 2. The number of nitrogens with one attached hydrogen (secondary N) is 1. The maximum Gasteiger partial charge on any atom is 0.0753 e. The van der Waals surface area contributed by atoms with E-state index in [4.69, 9.17) is 0 Å². The number of nitrogens with zero attached hydrogens (tertiary/aromatic N) is 3. The molecule has 2 aromatic heterocycles. The predicted octanol–water partition coefficient (Wildman–Crippen LogP) is 3.07. The van der Waals surface area contributed by atoms with Gasteiger partial charge in [-0.3, -0.25) is 9.67 Å². The molecule has 0 saturated carbocycles. The lowest BCUT2D eigenvalue weighted by Crippen LogP contribution is -2.22. The summed E-state index contributed by atoms with van der Waals surface area (Å²) in [6.45, 7) is 5.02. The lowest BCUT2D eigenvalue weighted by atomic mass is 9.98. The van der Waals surface area contributed by atoms with E-state index >= 15 is 0 Å². The molecule has 1 aromatic carbocycles. The van der Waals surface area contributed by atoms with Gasteiger partial charge in [0.05, 0.1) is 17.3 Å². The van der Waals surface area contributed by atoms with E-state index < -0.39 is 0 Å². The second-order valence-corrected chi connectivity index (χ2v) is 5.16. The molecule has 2 heterocycles. The Morgan fingerprint density at radius 3 is 2.81 bits per heavy atom. The van der Waals surface area contributed by atoms with Crippen molar-refractivity contribution in [1.29, 1.82) is 0 Å². The number of rotatable bonds is 4. The molecule has 4 nitrogen and oxygen atoms in total. The molecule has 3 rings (SSSR count). The average Bonchev–Trinajstić information content (AvgIpc) is 2.96. The first-order valence-corrected chi connectivity index (χ1v) is 7.30. The molecule has 21 heavy (non-hydrogen) atoms. The number of benzene rings is 1. The Morgan fingerprint density at radius 1 is 1.24 bits per heavy atom. The molecule has 3 aromatic rings. The van der Waals surface area contributed by atoms with Crippen LogP contribution in [0.15, 0.2) is 42.6 Å². The van der Waals surface area contributed by atoms with E-state index in [0.29, 0.717) is 0 Å². The van der Waals surface area contributed by atoms with Gasteiger partial charge in [-0.1, -0.05) is 18.2 Å². The zero-order valence-electron chi connectivity index (χ0n) is 12.7. The minimum Gasteiger partial charge on any atom is -0.308 e. The van der Waals surface area contributed by atoms with Crippen LogP contribution >= 0.6 is 0 Å². The second kappa shape index (κ2) is 5.66. The molecule has 0 aliphatic rings. The minimum absolute atomic E-state index is 0.110. The fraction of sp³-hybridized carbons (Fsp3) is 0.294. The molecule has 0 radical (unpaired) electrons. The zero-order valence-corrected chi connectivity index (χ0v) is 12.7. The maximum atomic E-state index is 4.63. The summed E-state index contributed by atoms with van der Waals surface area (Å²) in [6, 6.07) is 12.6. The van der Waals surface area contributed by atoms with Gasteiger partial charge in [-0.2, -0.15) is 5.10 Å². The summed E-state index contributed by atoms with van der Waals surface area (Å²) >= 11 is 0. The van der Waals surface area contributed by atoms with Crippen LogP contribution in [-0.4, -0.2) is 21.8 Å². The quantitative estimate of drug-likeness (QED) is 0.798. The minimum atomic E-state index is 0.110.